The second-order valence-corrected chi connectivity index (χ2v) is 8.92. The molecule has 0 radical (unpaired) electrons. The molecule has 0 bridgehead atoms. The van der Waals surface area contributed by atoms with E-state index in [2.05, 4.69) is 15.5 Å². The minimum absolute atomic E-state index is 0.0162. The predicted octanol–water partition coefficient (Wildman–Crippen LogP) is 3.91. The van der Waals surface area contributed by atoms with Crippen LogP contribution in [0.2, 0.25) is 5.02 Å². The summed E-state index contributed by atoms with van der Waals surface area (Å²) in [4.78, 5) is 27.7. The van der Waals surface area contributed by atoms with E-state index in [0.717, 1.165) is 11.4 Å². The largest absolute Gasteiger partial charge is 0.423 e. The highest BCUT2D eigenvalue weighted by Crippen LogP contribution is 2.53. The molecule has 8 nitrogen and oxygen atoms in total. The molecule has 1 aliphatic carbocycles. The van der Waals surface area contributed by atoms with E-state index in [0.29, 0.717) is 15.8 Å². The van der Waals surface area contributed by atoms with E-state index in [1.165, 1.54) is 21.1 Å². The van der Waals surface area contributed by atoms with Crippen LogP contribution in [0.25, 0.3) is 0 Å². The highest BCUT2D eigenvalue weighted by Gasteiger charge is 2.53. The number of halogens is 2. The molecule has 28 heavy (non-hydrogen) atoms. The number of amides is 3. The van der Waals surface area contributed by atoms with E-state index in [4.69, 9.17) is 27.9 Å². The smallest absolute Gasteiger partial charge is 0.413 e. The third-order valence-corrected chi connectivity index (χ3v) is 6.92. The summed E-state index contributed by atoms with van der Waals surface area (Å²) in [5, 5.41) is 12.7. The number of rotatable bonds is 4. The molecule has 1 saturated heterocycles. The predicted molar refractivity (Wildman–Crippen MR) is 107 cm³/mol. The molecule has 4 rings (SSSR count). The van der Waals surface area contributed by atoms with Crippen LogP contribution >= 0.6 is 34.5 Å². The zero-order chi connectivity index (χ0) is 20.1. The summed E-state index contributed by atoms with van der Waals surface area (Å²) in [6.45, 7) is 2.23. The fourth-order valence-electron chi connectivity index (χ4n) is 2.88. The fraction of sp³-hybridized carbons (Fsp3) is 0.412. The molecule has 2 heterocycles. The molecule has 1 aromatic heterocycles. The first kappa shape index (κ1) is 19.2. The van der Waals surface area contributed by atoms with Crippen molar-refractivity contribution in [3.8, 4) is 0 Å². The number of nitrogens with one attached hydrogen (secondary N) is 1. The maximum absolute atomic E-state index is 12.6. The summed E-state index contributed by atoms with van der Waals surface area (Å²) in [6.07, 6.45) is -0.676. The number of benzene rings is 1. The lowest BCUT2D eigenvalue weighted by Crippen LogP contribution is -2.38. The maximum Gasteiger partial charge on any atom is 0.413 e. The van der Waals surface area contributed by atoms with Gasteiger partial charge in [0.25, 0.3) is 0 Å². The normalized spacial score (nSPS) is 26.5. The third-order valence-electron chi connectivity index (χ3n) is 4.83. The van der Waals surface area contributed by atoms with Gasteiger partial charge in [-0.15, -0.1) is 21.8 Å². The zero-order valence-corrected chi connectivity index (χ0v) is 17.4. The molecule has 2 fully saturated rings. The molecule has 2 aromatic rings. The van der Waals surface area contributed by atoms with Crippen molar-refractivity contribution in [1.82, 2.24) is 15.1 Å². The van der Waals surface area contributed by atoms with E-state index in [1.807, 2.05) is 6.92 Å². The van der Waals surface area contributed by atoms with E-state index in [-0.39, 0.29) is 23.4 Å². The Morgan fingerprint density at radius 3 is 2.68 bits per heavy atom. The van der Waals surface area contributed by atoms with Gasteiger partial charge < -0.3 is 9.64 Å². The average Bonchev–Trinajstić information content (AvgIpc) is 2.98. The summed E-state index contributed by atoms with van der Waals surface area (Å²) in [7, 11) is 1.63. The molecule has 0 spiro atoms. The van der Waals surface area contributed by atoms with Crippen molar-refractivity contribution in [1.29, 1.82) is 0 Å². The number of carbonyl (C=O) groups is 2. The molecule has 2 aliphatic rings. The van der Waals surface area contributed by atoms with Gasteiger partial charge in [-0.2, -0.15) is 0 Å². The van der Waals surface area contributed by atoms with Crippen LogP contribution in [-0.4, -0.2) is 52.4 Å². The first-order valence-electron chi connectivity index (χ1n) is 8.53. The van der Waals surface area contributed by atoms with Gasteiger partial charge in [0.2, 0.25) is 11.4 Å². The van der Waals surface area contributed by atoms with Gasteiger partial charge >= 0.3 is 12.1 Å². The quantitative estimate of drug-likeness (QED) is 0.726. The van der Waals surface area contributed by atoms with Gasteiger partial charge in [-0.1, -0.05) is 29.9 Å². The topological polar surface area (TPSA) is 87.7 Å². The molecule has 1 N–H and O–H groups in total. The van der Waals surface area contributed by atoms with Crippen LogP contribution in [-0.2, 0) is 10.2 Å². The second-order valence-electron chi connectivity index (χ2n) is 7.00. The number of carbonyl (C=O) groups excluding carboxylic acids is 2. The van der Waals surface area contributed by atoms with Crippen molar-refractivity contribution >= 4 is 57.5 Å². The van der Waals surface area contributed by atoms with Crippen LogP contribution in [0.3, 0.4) is 0 Å². The number of likely N-dealkylation sites (N-methyl/N-ethyl adjacent to an activating group) is 1. The maximum atomic E-state index is 12.6. The van der Waals surface area contributed by atoms with E-state index < -0.39 is 12.3 Å². The zero-order valence-electron chi connectivity index (χ0n) is 15.1. The number of anilines is 2. The van der Waals surface area contributed by atoms with Gasteiger partial charge in [0, 0.05) is 28.5 Å². The molecule has 1 saturated carbocycles. The Hall–Kier alpha value is -2.10. The summed E-state index contributed by atoms with van der Waals surface area (Å²) in [5.41, 5.74) is 0.320. The molecule has 1 aliphatic heterocycles. The lowest BCUT2D eigenvalue weighted by molar-refractivity contribution is 0.116. The van der Waals surface area contributed by atoms with Crippen LogP contribution < -0.4 is 10.2 Å². The van der Waals surface area contributed by atoms with Crippen LogP contribution in [0.5, 0.6) is 0 Å². The Morgan fingerprint density at radius 2 is 2.04 bits per heavy atom. The Balaban J connectivity index is 1.49. The van der Waals surface area contributed by atoms with Crippen molar-refractivity contribution in [2.75, 3.05) is 23.8 Å². The van der Waals surface area contributed by atoms with E-state index in [1.54, 1.807) is 31.3 Å². The number of urea groups is 1. The van der Waals surface area contributed by atoms with Crippen LogP contribution in [0, 0.1) is 0 Å². The van der Waals surface area contributed by atoms with Gasteiger partial charge in [0.05, 0.1) is 6.54 Å². The molecule has 148 valence electrons. The second kappa shape index (κ2) is 7.06. The first-order valence-corrected chi connectivity index (χ1v) is 10.2. The van der Waals surface area contributed by atoms with Gasteiger partial charge in [0.15, 0.2) is 0 Å². The lowest BCUT2D eigenvalue weighted by atomic mass is 10.2. The van der Waals surface area contributed by atoms with Crippen LogP contribution in [0.15, 0.2) is 24.3 Å². The van der Waals surface area contributed by atoms with E-state index in [9.17, 15) is 9.59 Å². The number of hydrogen-bond acceptors (Lipinski definition) is 6. The Morgan fingerprint density at radius 1 is 1.36 bits per heavy atom. The van der Waals surface area contributed by atoms with Gasteiger partial charge in [-0.25, -0.2) is 14.5 Å². The van der Waals surface area contributed by atoms with Crippen molar-refractivity contribution < 1.29 is 14.3 Å². The minimum Gasteiger partial charge on any atom is -0.423 e. The summed E-state index contributed by atoms with van der Waals surface area (Å²) in [5.74, 6) is 0. The van der Waals surface area contributed by atoms with Crippen LogP contribution in [0.4, 0.5) is 20.4 Å². The number of aromatic nitrogens is 2. The molecule has 3 amide bonds. The molecular weight excluding hydrogens is 425 g/mol. The Kier molecular flexibility index (Phi) is 4.84. The molecule has 1 aromatic carbocycles. The summed E-state index contributed by atoms with van der Waals surface area (Å²) in [6, 6.07) is 6.31. The monoisotopic (exact) mass is 441 g/mol. The van der Waals surface area contributed by atoms with Gasteiger partial charge in [-0.3, -0.25) is 5.32 Å². The standard InChI is InChI=1S/C17H17Cl2N5O3S/c1-17(7-11(17)19)13-21-22-14(28-13)24-12(8-23(2)16(24)26)27-15(25)20-10-5-3-9(18)4-6-10/h3-6,11-12H,7-8H2,1-2H3,(H,20,25). The van der Waals surface area contributed by atoms with Crippen molar-refractivity contribution in [3.63, 3.8) is 0 Å². The Bertz CT molecular complexity index is 924. The van der Waals surface area contributed by atoms with E-state index >= 15 is 0 Å². The number of hydrogen-bond donors (Lipinski definition) is 1. The highest BCUT2D eigenvalue weighted by atomic mass is 35.5. The lowest BCUT2D eigenvalue weighted by Gasteiger charge is -2.20. The highest BCUT2D eigenvalue weighted by molar-refractivity contribution is 7.15. The van der Waals surface area contributed by atoms with Crippen molar-refractivity contribution in [3.05, 3.63) is 34.3 Å². The van der Waals surface area contributed by atoms with Crippen LogP contribution in [0.1, 0.15) is 18.4 Å². The molecule has 11 heteroatoms. The SMILES string of the molecule is CN1CC(OC(=O)Nc2ccc(Cl)cc2)N(c2nnc(C3(C)CC3Cl)s2)C1=O. The summed E-state index contributed by atoms with van der Waals surface area (Å²) >= 11 is 13.3. The Labute approximate surface area is 175 Å². The molecule has 3 atom stereocenters. The van der Waals surface area contributed by atoms with Crippen molar-refractivity contribution in [2.24, 2.45) is 0 Å². The minimum atomic E-state index is -0.815. The summed E-state index contributed by atoms with van der Waals surface area (Å²) < 4.78 is 5.48. The molecule has 3 unspecified atom stereocenters. The molecular formula is C17H17Cl2N5O3S. The van der Waals surface area contributed by atoms with Gasteiger partial charge in [0.1, 0.15) is 5.01 Å². The third kappa shape index (κ3) is 3.49. The van der Waals surface area contributed by atoms with Crippen molar-refractivity contribution in [2.45, 2.75) is 30.4 Å². The number of nitrogens with zero attached hydrogens (tertiary/aromatic N) is 4. The first-order chi connectivity index (χ1) is 13.3. The number of alkyl halides is 1. The fourth-order valence-corrected chi connectivity index (χ4v) is 4.58. The number of ether oxygens (including phenoxy) is 1. The average molecular weight is 442 g/mol. The van der Waals surface area contributed by atoms with Gasteiger partial charge in [-0.05, 0) is 30.7 Å².